The minimum Gasteiger partial charge on any atom is -0.378 e. The molecule has 0 aliphatic carbocycles. The fourth-order valence-corrected chi connectivity index (χ4v) is 1.90. The van der Waals surface area contributed by atoms with Gasteiger partial charge in [-0.3, -0.25) is 9.59 Å². The maximum absolute atomic E-state index is 12.3. The van der Waals surface area contributed by atoms with Crippen LogP contribution >= 0.6 is 0 Å². The lowest BCUT2D eigenvalue weighted by Crippen LogP contribution is -2.09. The SMILES string of the molecule is CN(C)c1ccc(C(=O)c2cc(C=O)n(C)c2)cc1. The number of hydrogen-bond donors (Lipinski definition) is 0. The van der Waals surface area contributed by atoms with Crippen molar-refractivity contribution in [3.8, 4) is 0 Å². The van der Waals surface area contributed by atoms with Crippen molar-refractivity contribution in [3.05, 3.63) is 53.3 Å². The highest BCUT2D eigenvalue weighted by Gasteiger charge is 2.12. The Bertz CT molecular complexity index is 610. The second-order valence-corrected chi connectivity index (χ2v) is 4.65. The normalized spacial score (nSPS) is 10.3. The molecular formula is C15H16N2O2. The fourth-order valence-electron chi connectivity index (χ4n) is 1.90. The summed E-state index contributed by atoms with van der Waals surface area (Å²) in [5.74, 6) is -0.0750. The van der Waals surface area contributed by atoms with E-state index < -0.39 is 0 Å². The van der Waals surface area contributed by atoms with Crippen molar-refractivity contribution in [2.75, 3.05) is 19.0 Å². The lowest BCUT2D eigenvalue weighted by atomic mass is 10.1. The predicted octanol–water partition coefficient (Wildman–Crippen LogP) is 2.13. The van der Waals surface area contributed by atoms with E-state index in [1.165, 1.54) is 0 Å². The van der Waals surface area contributed by atoms with E-state index in [2.05, 4.69) is 0 Å². The van der Waals surface area contributed by atoms with E-state index in [0.717, 1.165) is 12.0 Å². The van der Waals surface area contributed by atoms with Gasteiger partial charge >= 0.3 is 0 Å². The Kier molecular flexibility index (Phi) is 3.51. The van der Waals surface area contributed by atoms with Gasteiger partial charge in [0.1, 0.15) is 0 Å². The van der Waals surface area contributed by atoms with Crippen LogP contribution in [0.25, 0.3) is 0 Å². The number of carbonyl (C=O) groups excluding carboxylic acids is 2. The predicted molar refractivity (Wildman–Crippen MR) is 75.0 cm³/mol. The van der Waals surface area contributed by atoms with Crippen LogP contribution in [0.2, 0.25) is 0 Å². The molecule has 0 radical (unpaired) electrons. The molecule has 98 valence electrons. The Morgan fingerprint density at radius 3 is 2.26 bits per heavy atom. The summed E-state index contributed by atoms with van der Waals surface area (Å²) in [4.78, 5) is 25.0. The van der Waals surface area contributed by atoms with Gasteiger partial charge in [0.15, 0.2) is 12.1 Å². The van der Waals surface area contributed by atoms with Crippen LogP contribution in [0.4, 0.5) is 5.69 Å². The van der Waals surface area contributed by atoms with Crippen LogP contribution in [0.5, 0.6) is 0 Å². The molecule has 0 aliphatic heterocycles. The topological polar surface area (TPSA) is 42.3 Å². The van der Waals surface area contributed by atoms with Crippen molar-refractivity contribution in [1.29, 1.82) is 0 Å². The molecule has 19 heavy (non-hydrogen) atoms. The Morgan fingerprint density at radius 1 is 1.16 bits per heavy atom. The molecule has 2 aromatic rings. The maximum atomic E-state index is 12.3. The molecule has 1 aromatic carbocycles. The quantitative estimate of drug-likeness (QED) is 0.621. The number of benzene rings is 1. The Balaban J connectivity index is 2.30. The lowest BCUT2D eigenvalue weighted by molar-refractivity contribution is 0.103. The smallest absolute Gasteiger partial charge is 0.194 e. The van der Waals surface area contributed by atoms with Crippen LogP contribution in [-0.2, 0) is 7.05 Å². The van der Waals surface area contributed by atoms with Gasteiger partial charge in [-0.2, -0.15) is 0 Å². The van der Waals surface area contributed by atoms with Crippen molar-refractivity contribution in [2.24, 2.45) is 7.05 Å². The molecular weight excluding hydrogens is 240 g/mol. The number of aryl methyl sites for hydroxylation is 1. The molecule has 4 heteroatoms. The van der Waals surface area contributed by atoms with Crippen LogP contribution in [0, 0.1) is 0 Å². The van der Waals surface area contributed by atoms with Gasteiger partial charge in [-0.25, -0.2) is 0 Å². The summed E-state index contributed by atoms with van der Waals surface area (Å²) in [5.41, 5.74) is 2.68. The number of ketones is 1. The molecule has 0 N–H and O–H groups in total. The van der Waals surface area contributed by atoms with Crippen molar-refractivity contribution >= 4 is 17.8 Å². The molecule has 0 atom stereocenters. The maximum Gasteiger partial charge on any atom is 0.194 e. The van der Waals surface area contributed by atoms with E-state index in [-0.39, 0.29) is 5.78 Å². The summed E-state index contributed by atoms with van der Waals surface area (Å²) in [6, 6.07) is 9.00. The molecule has 1 aromatic heterocycles. The minimum absolute atomic E-state index is 0.0750. The zero-order valence-corrected chi connectivity index (χ0v) is 11.3. The lowest BCUT2D eigenvalue weighted by Gasteiger charge is -2.12. The van der Waals surface area contributed by atoms with Crippen LogP contribution in [-0.4, -0.2) is 30.7 Å². The molecule has 0 fully saturated rings. The van der Waals surface area contributed by atoms with Gasteiger partial charge in [-0.05, 0) is 30.3 Å². The van der Waals surface area contributed by atoms with Gasteiger partial charge in [-0.15, -0.1) is 0 Å². The number of nitrogens with zero attached hydrogens (tertiary/aromatic N) is 2. The van der Waals surface area contributed by atoms with Crippen LogP contribution in [0.1, 0.15) is 26.4 Å². The summed E-state index contributed by atoms with van der Waals surface area (Å²) >= 11 is 0. The first-order valence-corrected chi connectivity index (χ1v) is 5.96. The van der Waals surface area contributed by atoms with Gasteiger partial charge in [0.2, 0.25) is 0 Å². The summed E-state index contributed by atoms with van der Waals surface area (Å²) in [6.45, 7) is 0. The molecule has 2 rings (SSSR count). The molecule has 0 saturated carbocycles. The van der Waals surface area contributed by atoms with Crippen molar-refractivity contribution in [2.45, 2.75) is 0 Å². The second kappa shape index (κ2) is 5.10. The highest BCUT2D eigenvalue weighted by atomic mass is 16.1. The highest BCUT2D eigenvalue weighted by molar-refractivity contribution is 6.09. The number of carbonyl (C=O) groups is 2. The molecule has 0 unspecified atom stereocenters. The van der Waals surface area contributed by atoms with E-state index >= 15 is 0 Å². The minimum atomic E-state index is -0.0750. The molecule has 1 heterocycles. The van der Waals surface area contributed by atoms with E-state index in [1.807, 2.05) is 31.1 Å². The van der Waals surface area contributed by atoms with Crippen LogP contribution in [0.15, 0.2) is 36.5 Å². The number of anilines is 1. The van der Waals surface area contributed by atoms with Gasteiger partial charge in [-0.1, -0.05) is 0 Å². The number of aldehydes is 1. The first-order valence-electron chi connectivity index (χ1n) is 5.96. The Labute approximate surface area is 112 Å². The summed E-state index contributed by atoms with van der Waals surface area (Å²) in [5, 5.41) is 0. The fraction of sp³-hybridized carbons (Fsp3) is 0.200. The molecule has 0 aliphatic rings. The van der Waals surface area contributed by atoms with Crippen molar-refractivity contribution < 1.29 is 9.59 Å². The van der Waals surface area contributed by atoms with E-state index in [0.29, 0.717) is 16.8 Å². The zero-order valence-electron chi connectivity index (χ0n) is 11.3. The van der Waals surface area contributed by atoms with Gasteiger partial charge < -0.3 is 9.47 Å². The van der Waals surface area contributed by atoms with Gasteiger partial charge in [0, 0.05) is 44.2 Å². The third kappa shape index (κ3) is 2.57. The average Bonchev–Trinajstić information content (AvgIpc) is 2.79. The first-order chi connectivity index (χ1) is 9.02. The third-order valence-corrected chi connectivity index (χ3v) is 3.07. The van der Waals surface area contributed by atoms with E-state index in [1.54, 1.807) is 36.0 Å². The number of aromatic nitrogens is 1. The molecule has 0 bridgehead atoms. The molecule has 0 spiro atoms. The second-order valence-electron chi connectivity index (χ2n) is 4.65. The van der Waals surface area contributed by atoms with Gasteiger partial charge in [0.25, 0.3) is 0 Å². The van der Waals surface area contributed by atoms with Crippen molar-refractivity contribution in [3.63, 3.8) is 0 Å². The van der Waals surface area contributed by atoms with Crippen LogP contribution in [0.3, 0.4) is 0 Å². The van der Waals surface area contributed by atoms with E-state index in [4.69, 9.17) is 0 Å². The summed E-state index contributed by atoms with van der Waals surface area (Å²) in [6.07, 6.45) is 2.41. The van der Waals surface area contributed by atoms with Gasteiger partial charge in [0.05, 0.1) is 5.69 Å². The first kappa shape index (κ1) is 13.1. The number of hydrogen-bond acceptors (Lipinski definition) is 3. The summed E-state index contributed by atoms with van der Waals surface area (Å²) in [7, 11) is 5.64. The van der Waals surface area contributed by atoms with E-state index in [9.17, 15) is 9.59 Å². The Hall–Kier alpha value is -2.36. The molecule has 4 nitrogen and oxygen atoms in total. The average molecular weight is 256 g/mol. The summed E-state index contributed by atoms with van der Waals surface area (Å²) < 4.78 is 1.65. The monoisotopic (exact) mass is 256 g/mol. The molecule has 0 saturated heterocycles. The van der Waals surface area contributed by atoms with Crippen LogP contribution < -0.4 is 4.90 Å². The van der Waals surface area contributed by atoms with Crippen molar-refractivity contribution in [1.82, 2.24) is 4.57 Å². The molecule has 0 amide bonds. The Morgan fingerprint density at radius 2 is 1.79 bits per heavy atom. The number of rotatable bonds is 4. The standard InChI is InChI=1S/C15H16N2O2/c1-16(2)13-6-4-11(5-7-13)15(19)12-8-14(10-18)17(3)9-12/h4-10H,1-3H3. The highest BCUT2D eigenvalue weighted by Crippen LogP contribution is 2.16. The third-order valence-electron chi connectivity index (χ3n) is 3.07. The largest absolute Gasteiger partial charge is 0.378 e. The zero-order chi connectivity index (χ0) is 14.0.